The molecular formula is C18H19NO3. The van der Waals surface area contributed by atoms with Crippen LogP contribution in [0.4, 0.5) is 5.69 Å². The van der Waals surface area contributed by atoms with Crippen LogP contribution in [0.1, 0.15) is 40.7 Å². The third-order valence-corrected chi connectivity index (χ3v) is 3.75. The number of benzene rings is 2. The summed E-state index contributed by atoms with van der Waals surface area (Å²) in [4.78, 5) is 23.7. The van der Waals surface area contributed by atoms with Crippen molar-refractivity contribution in [2.45, 2.75) is 26.2 Å². The molecule has 1 amide bonds. The third kappa shape index (κ3) is 3.34. The maximum Gasteiger partial charge on any atom is 0.336 e. The van der Waals surface area contributed by atoms with Crippen LogP contribution in [-0.4, -0.2) is 17.0 Å². The Kier molecular flexibility index (Phi) is 4.94. The zero-order chi connectivity index (χ0) is 16.1. The van der Waals surface area contributed by atoms with Gasteiger partial charge in [0.1, 0.15) is 0 Å². The lowest BCUT2D eigenvalue weighted by Crippen LogP contribution is -2.21. The minimum absolute atomic E-state index is 0.126. The van der Waals surface area contributed by atoms with Gasteiger partial charge >= 0.3 is 5.97 Å². The number of carboxylic acids is 1. The van der Waals surface area contributed by atoms with Gasteiger partial charge in [-0.3, -0.25) is 4.79 Å². The Hall–Kier alpha value is -2.62. The van der Waals surface area contributed by atoms with Gasteiger partial charge in [0.25, 0.3) is 0 Å². The molecule has 0 saturated heterocycles. The molecule has 2 aromatic carbocycles. The molecule has 2 aromatic rings. The summed E-state index contributed by atoms with van der Waals surface area (Å²) in [7, 11) is 0. The molecule has 22 heavy (non-hydrogen) atoms. The van der Waals surface area contributed by atoms with Gasteiger partial charge in [0, 0.05) is 5.69 Å². The number of hydrogen-bond donors (Lipinski definition) is 2. The van der Waals surface area contributed by atoms with Crippen LogP contribution >= 0.6 is 0 Å². The Morgan fingerprint density at radius 3 is 2.36 bits per heavy atom. The SMILES string of the molecule is CC[C@H](C(=O)Nc1cccc(C(=O)O)c1C)c1ccccc1. The van der Waals surface area contributed by atoms with Crippen molar-refractivity contribution in [3.8, 4) is 0 Å². The second-order valence-corrected chi connectivity index (χ2v) is 5.14. The minimum Gasteiger partial charge on any atom is -0.478 e. The Balaban J connectivity index is 2.25. The van der Waals surface area contributed by atoms with Crippen LogP contribution in [0.5, 0.6) is 0 Å². The Labute approximate surface area is 129 Å². The first-order valence-corrected chi connectivity index (χ1v) is 7.23. The molecule has 0 heterocycles. The summed E-state index contributed by atoms with van der Waals surface area (Å²) >= 11 is 0. The Morgan fingerprint density at radius 1 is 1.09 bits per heavy atom. The fraction of sp³-hybridized carbons (Fsp3) is 0.222. The van der Waals surface area contributed by atoms with Crippen molar-refractivity contribution < 1.29 is 14.7 Å². The van der Waals surface area contributed by atoms with Crippen LogP contribution in [0.15, 0.2) is 48.5 Å². The number of nitrogens with one attached hydrogen (secondary N) is 1. The van der Waals surface area contributed by atoms with E-state index < -0.39 is 5.97 Å². The molecule has 0 fully saturated rings. The largest absolute Gasteiger partial charge is 0.478 e. The maximum atomic E-state index is 12.5. The first kappa shape index (κ1) is 15.8. The summed E-state index contributed by atoms with van der Waals surface area (Å²) in [5.74, 6) is -1.38. The molecule has 0 aliphatic carbocycles. The zero-order valence-corrected chi connectivity index (χ0v) is 12.7. The molecule has 0 unspecified atom stereocenters. The highest BCUT2D eigenvalue weighted by atomic mass is 16.4. The van der Waals surface area contributed by atoms with E-state index in [2.05, 4.69) is 5.32 Å². The molecule has 0 spiro atoms. The molecule has 4 heteroatoms. The highest BCUT2D eigenvalue weighted by Crippen LogP contribution is 2.24. The molecule has 2 rings (SSSR count). The molecule has 114 valence electrons. The number of rotatable bonds is 5. The molecular weight excluding hydrogens is 278 g/mol. The fourth-order valence-corrected chi connectivity index (χ4v) is 2.48. The Bertz CT molecular complexity index is 680. The number of hydrogen-bond acceptors (Lipinski definition) is 2. The minimum atomic E-state index is -0.997. The summed E-state index contributed by atoms with van der Waals surface area (Å²) < 4.78 is 0. The van der Waals surface area contributed by atoms with Crippen LogP contribution in [0.25, 0.3) is 0 Å². The number of carboxylic acid groups (broad SMARTS) is 1. The fourth-order valence-electron chi connectivity index (χ4n) is 2.48. The van der Waals surface area contributed by atoms with Crippen molar-refractivity contribution in [3.05, 3.63) is 65.2 Å². The van der Waals surface area contributed by atoms with Crippen LogP contribution in [-0.2, 0) is 4.79 Å². The molecule has 0 aromatic heterocycles. The van der Waals surface area contributed by atoms with Gasteiger partial charge < -0.3 is 10.4 Å². The molecule has 0 saturated carbocycles. The van der Waals surface area contributed by atoms with Crippen LogP contribution in [0.3, 0.4) is 0 Å². The van der Waals surface area contributed by atoms with Gasteiger partial charge in [-0.15, -0.1) is 0 Å². The van der Waals surface area contributed by atoms with Gasteiger partial charge in [0.15, 0.2) is 0 Å². The normalized spacial score (nSPS) is 11.7. The first-order chi connectivity index (χ1) is 10.5. The Morgan fingerprint density at radius 2 is 1.77 bits per heavy atom. The summed E-state index contributed by atoms with van der Waals surface area (Å²) in [6, 6.07) is 14.5. The highest BCUT2D eigenvalue weighted by molar-refractivity contribution is 5.98. The van der Waals surface area contributed by atoms with Crippen LogP contribution in [0, 0.1) is 6.92 Å². The van der Waals surface area contributed by atoms with E-state index in [0.717, 1.165) is 5.56 Å². The molecule has 0 aliphatic heterocycles. The van der Waals surface area contributed by atoms with Crippen LogP contribution in [0.2, 0.25) is 0 Å². The van der Waals surface area contributed by atoms with Crippen molar-refractivity contribution in [3.63, 3.8) is 0 Å². The molecule has 1 atom stereocenters. The third-order valence-electron chi connectivity index (χ3n) is 3.75. The summed E-state index contributed by atoms with van der Waals surface area (Å²) in [6.45, 7) is 3.65. The van der Waals surface area contributed by atoms with E-state index in [-0.39, 0.29) is 17.4 Å². The van der Waals surface area contributed by atoms with Crippen molar-refractivity contribution >= 4 is 17.6 Å². The molecule has 2 N–H and O–H groups in total. The predicted octanol–water partition coefficient (Wildman–Crippen LogP) is 3.83. The molecule has 4 nitrogen and oxygen atoms in total. The lowest BCUT2D eigenvalue weighted by atomic mass is 9.95. The van der Waals surface area contributed by atoms with E-state index in [1.165, 1.54) is 6.07 Å². The van der Waals surface area contributed by atoms with Gasteiger partial charge in [-0.25, -0.2) is 4.79 Å². The second-order valence-electron chi connectivity index (χ2n) is 5.14. The zero-order valence-electron chi connectivity index (χ0n) is 12.7. The monoisotopic (exact) mass is 297 g/mol. The van der Waals surface area contributed by atoms with Crippen molar-refractivity contribution in [1.82, 2.24) is 0 Å². The van der Waals surface area contributed by atoms with Crippen LogP contribution < -0.4 is 5.32 Å². The van der Waals surface area contributed by atoms with Gasteiger partial charge in [-0.1, -0.05) is 43.3 Å². The van der Waals surface area contributed by atoms with E-state index in [4.69, 9.17) is 5.11 Å². The first-order valence-electron chi connectivity index (χ1n) is 7.23. The van der Waals surface area contributed by atoms with E-state index in [1.54, 1.807) is 19.1 Å². The van der Waals surface area contributed by atoms with Gasteiger partial charge in [0.05, 0.1) is 11.5 Å². The lowest BCUT2D eigenvalue weighted by Gasteiger charge is -2.17. The quantitative estimate of drug-likeness (QED) is 0.881. The molecule has 0 aliphatic rings. The van der Waals surface area contributed by atoms with Crippen molar-refractivity contribution in [2.75, 3.05) is 5.32 Å². The number of amides is 1. The average molecular weight is 297 g/mol. The molecule has 0 bridgehead atoms. The van der Waals surface area contributed by atoms with Gasteiger partial charge in [-0.2, -0.15) is 0 Å². The van der Waals surface area contributed by atoms with Gasteiger partial charge in [0.2, 0.25) is 5.91 Å². The maximum absolute atomic E-state index is 12.5. The summed E-state index contributed by atoms with van der Waals surface area (Å²) in [5.41, 5.74) is 2.26. The molecule has 0 radical (unpaired) electrons. The standard InChI is InChI=1S/C18H19NO3/c1-3-14(13-8-5-4-6-9-13)17(20)19-16-11-7-10-15(12(16)2)18(21)22/h4-11,14H,3H2,1-2H3,(H,19,20)(H,21,22)/t14-/m0/s1. The average Bonchev–Trinajstić information content (AvgIpc) is 2.51. The smallest absolute Gasteiger partial charge is 0.336 e. The number of aromatic carboxylic acids is 1. The number of anilines is 1. The van der Waals surface area contributed by atoms with Crippen molar-refractivity contribution in [1.29, 1.82) is 0 Å². The highest BCUT2D eigenvalue weighted by Gasteiger charge is 2.20. The second kappa shape index (κ2) is 6.89. The van der Waals surface area contributed by atoms with Gasteiger partial charge in [-0.05, 0) is 36.6 Å². The summed E-state index contributed by atoms with van der Waals surface area (Å²) in [6.07, 6.45) is 0.674. The summed E-state index contributed by atoms with van der Waals surface area (Å²) in [5, 5.41) is 12.0. The van der Waals surface area contributed by atoms with Crippen molar-refractivity contribution in [2.24, 2.45) is 0 Å². The number of carbonyl (C=O) groups excluding carboxylic acids is 1. The van der Waals surface area contributed by atoms with E-state index >= 15 is 0 Å². The van der Waals surface area contributed by atoms with E-state index in [0.29, 0.717) is 17.7 Å². The van der Waals surface area contributed by atoms with E-state index in [9.17, 15) is 9.59 Å². The predicted molar refractivity (Wildman–Crippen MR) is 86.2 cm³/mol. The topological polar surface area (TPSA) is 66.4 Å². The van der Waals surface area contributed by atoms with E-state index in [1.807, 2.05) is 37.3 Å². The number of carbonyl (C=O) groups is 2. The lowest BCUT2D eigenvalue weighted by molar-refractivity contribution is -0.117.